The molecule has 32 heavy (non-hydrogen) atoms. The number of thioether (sulfide) groups is 1. The molecule has 7 nitrogen and oxygen atoms in total. The summed E-state index contributed by atoms with van der Waals surface area (Å²) in [6.45, 7) is -0.220. The fourth-order valence-corrected chi connectivity index (χ4v) is 5.46. The lowest BCUT2D eigenvalue weighted by Crippen LogP contribution is -2.31. The quantitative estimate of drug-likeness (QED) is 0.306. The molecule has 0 radical (unpaired) electrons. The number of nitrogens with two attached hydrogens (primary N) is 1. The van der Waals surface area contributed by atoms with Gasteiger partial charge in [0.2, 0.25) is 5.91 Å². The molecule has 9 heteroatoms. The summed E-state index contributed by atoms with van der Waals surface area (Å²) in [7, 11) is 0. The number of hydrogen-bond donors (Lipinski definition) is 1. The van der Waals surface area contributed by atoms with Crippen molar-refractivity contribution in [2.75, 3.05) is 0 Å². The molecular formula is C23H17N5O2S2. The number of benzene rings is 2. The lowest BCUT2D eigenvalue weighted by molar-refractivity contribution is -0.118. The van der Waals surface area contributed by atoms with E-state index in [4.69, 9.17) is 5.73 Å². The van der Waals surface area contributed by atoms with Gasteiger partial charge in [-0.3, -0.25) is 14.2 Å². The van der Waals surface area contributed by atoms with Crippen molar-refractivity contribution >= 4 is 50.1 Å². The number of aromatic nitrogens is 4. The van der Waals surface area contributed by atoms with Crippen LogP contribution in [0.4, 0.5) is 0 Å². The van der Waals surface area contributed by atoms with Crippen LogP contribution in [0, 0.1) is 0 Å². The molecule has 5 rings (SSSR count). The summed E-state index contributed by atoms with van der Waals surface area (Å²) in [5.74, 6) is 0.240. The van der Waals surface area contributed by atoms with Crippen molar-refractivity contribution in [2.24, 2.45) is 5.73 Å². The second-order valence-corrected chi connectivity index (χ2v) is 9.06. The molecule has 2 aromatic carbocycles. The fourth-order valence-electron chi connectivity index (χ4n) is 3.47. The van der Waals surface area contributed by atoms with Crippen LogP contribution in [0.15, 0.2) is 76.8 Å². The lowest BCUT2D eigenvalue weighted by Gasteiger charge is -2.12. The van der Waals surface area contributed by atoms with Gasteiger partial charge in [0.05, 0.1) is 16.7 Å². The van der Waals surface area contributed by atoms with Crippen LogP contribution in [-0.4, -0.2) is 25.4 Å². The van der Waals surface area contributed by atoms with Crippen molar-refractivity contribution in [3.05, 3.63) is 83.2 Å². The molecular weight excluding hydrogens is 442 g/mol. The van der Waals surface area contributed by atoms with Gasteiger partial charge in [0.25, 0.3) is 5.56 Å². The van der Waals surface area contributed by atoms with E-state index in [1.54, 1.807) is 35.9 Å². The third kappa shape index (κ3) is 3.88. The normalized spacial score (nSPS) is 11.2. The zero-order valence-corrected chi connectivity index (χ0v) is 18.4. The minimum atomic E-state index is -0.592. The highest BCUT2D eigenvalue weighted by atomic mass is 32.2. The van der Waals surface area contributed by atoms with Crippen LogP contribution < -0.4 is 11.3 Å². The molecule has 0 aliphatic carbocycles. The Kier molecular flexibility index (Phi) is 5.42. The molecule has 0 saturated carbocycles. The highest BCUT2D eigenvalue weighted by Crippen LogP contribution is 2.36. The predicted octanol–water partition coefficient (Wildman–Crippen LogP) is 3.85. The fraction of sp³-hybridized carbons (Fsp3) is 0.0870. The largest absolute Gasteiger partial charge is 0.368 e. The molecule has 158 valence electrons. The number of para-hydroxylation sites is 1. The van der Waals surface area contributed by atoms with Gasteiger partial charge in [0.1, 0.15) is 28.6 Å². The van der Waals surface area contributed by atoms with Crippen LogP contribution in [0.3, 0.4) is 0 Å². The SMILES string of the molecule is NC(=O)Cn1c(CSc2ncnc3sc(-c4ccccc4)cc23)nc2ccccc2c1=O. The Morgan fingerprint density at radius 3 is 2.62 bits per heavy atom. The highest BCUT2D eigenvalue weighted by Gasteiger charge is 2.15. The first kappa shape index (κ1) is 20.3. The van der Waals surface area contributed by atoms with Gasteiger partial charge < -0.3 is 5.73 Å². The molecule has 0 spiro atoms. The third-order valence-electron chi connectivity index (χ3n) is 4.94. The summed E-state index contributed by atoms with van der Waals surface area (Å²) >= 11 is 3.06. The minimum Gasteiger partial charge on any atom is -0.368 e. The second-order valence-electron chi connectivity index (χ2n) is 7.07. The van der Waals surface area contributed by atoms with Crippen molar-refractivity contribution in [3.8, 4) is 10.4 Å². The topological polar surface area (TPSA) is 104 Å². The average molecular weight is 460 g/mol. The van der Waals surface area contributed by atoms with E-state index in [0.717, 1.165) is 25.7 Å². The van der Waals surface area contributed by atoms with E-state index in [-0.39, 0.29) is 12.1 Å². The van der Waals surface area contributed by atoms with Crippen LogP contribution in [0.5, 0.6) is 0 Å². The third-order valence-corrected chi connectivity index (χ3v) is 7.04. The van der Waals surface area contributed by atoms with Crippen molar-refractivity contribution in [1.82, 2.24) is 19.5 Å². The Balaban J connectivity index is 1.52. The molecule has 1 amide bonds. The summed E-state index contributed by atoms with van der Waals surface area (Å²) in [5.41, 5.74) is 6.83. The van der Waals surface area contributed by atoms with E-state index in [1.807, 2.05) is 24.3 Å². The average Bonchev–Trinajstić information content (AvgIpc) is 3.25. The summed E-state index contributed by atoms with van der Waals surface area (Å²) in [6, 6.07) is 19.3. The molecule has 0 aliphatic heterocycles. The maximum atomic E-state index is 13.0. The van der Waals surface area contributed by atoms with Gasteiger partial charge in [0.15, 0.2) is 0 Å². The first-order chi connectivity index (χ1) is 15.6. The highest BCUT2D eigenvalue weighted by molar-refractivity contribution is 7.98. The van der Waals surface area contributed by atoms with Crippen LogP contribution in [0.25, 0.3) is 31.6 Å². The Bertz CT molecular complexity index is 1510. The summed E-state index contributed by atoms with van der Waals surface area (Å²) in [5, 5.41) is 2.20. The summed E-state index contributed by atoms with van der Waals surface area (Å²) in [4.78, 5) is 40.1. The van der Waals surface area contributed by atoms with E-state index >= 15 is 0 Å². The Morgan fingerprint density at radius 2 is 1.81 bits per heavy atom. The first-order valence-corrected chi connectivity index (χ1v) is 11.6. The number of carbonyl (C=O) groups is 1. The predicted molar refractivity (Wildman–Crippen MR) is 128 cm³/mol. The van der Waals surface area contributed by atoms with Gasteiger partial charge in [-0.2, -0.15) is 0 Å². The van der Waals surface area contributed by atoms with Crippen LogP contribution in [0.1, 0.15) is 5.82 Å². The number of primary amides is 1. The van der Waals surface area contributed by atoms with Crippen molar-refractivity contribution < 1.29 is 4.79 Å². The summed E-state index contributed by atoms with van der Waals surface area (Å²) < 4.78 is 1.35. The van der Waals surface area contributed by atoms with Gasteiger partial charge in [-0.05, 0) is 23.8 Å². The van der Waals surface area contributed by atoms with Crippen LogP contribution in [-0.2, 0) is 17.1 Å². The maximum Gasteiger partial charge on any atom is 0.261 e. The number of rotatable bonds is 6. The summed E-state index contributed by atoms with van der Waals surface area (Å²) in [6.07, 6.45) is 1.54. The van der Waals surface area contributed by atoms with Gasteiger partial charge >= 0.3 is 0 Å². The van der Waals surface area contributed by atoms with Gasteiger partial charge in [0, 0.05) is 10.3 Å². The molecule has 2 N–H and O–H groups in total. The minimum absolute atomic E-state index is 0.220. The molecule has 0 atom stereocenters. The standard InChI is InChI=1S/C23H17N5O2S2/c24-19(29)11-28-20(27-17-9-5-4-8-15(17)23(28)30)12-31-21-16-10-18(14-6-2-1-3-7-14)32-22(16)26-13-25-21/h1-10,13H,11-12H2,(H2,24,29). The molecule has 0 fully saturated rings. The molecule has 0 saturated heterocycles. The number of fused-ring (bicyclic) bond motifs is 2. The monoisotopic (exact) mass is 459 g/mol. The zero-order chi connectivity index (χ0) is 22.1. The number of nitrogens with zero attached hydrogens (tertiary/aromatic N) is 4. The number of thiophene rings is 1. The number of amides is 1. The van der Waals surface area contributed by atoms with Gasteiger partial charge in [-0.1, -0.05) is 54.2 Å². The molecule has 3 aromatic heterocycles. The number of hydrogen-bond acceptors (Lipinski definition) is 7. The van der Waals surface area contributed by atoms with Crippen LogP contribution >= 0.6 is 23.1 Å². The van der Waals surface area contributed by atoms with Crippen LogP contribution in [0.2, 0.25) is 0 Å². The van der Waals surface area contributed by atoms with Gasteiger partial charge in [-0.25, -0.2) is 15.0 Å². The Morgan fingerprint density at radius 1 is 1.03 bits per heavy atom. The van der Waals surface area contributed by atoms with E-state index in [0.29, 0.717) is 22.5 Å². The second kappa shape index (κ2) is 8.52. The van der Waals surface area contributed by atoms with Gasteiger partial charge in [-0.15, -0.1) is 11.3 Å². The molecule has 3 heterocycles. The van der Waals surface area contributed by atoms with E-state index in [9.17, 15) is 9.59 Å². The smallest absolute Gasteiger partial charge is 0.261 e. The number of carbonyl (C=O) groups excluding carboxylic acids is 1. The van der Waals surface area contributed by atoms with Crippen molar-refractivity contribution in [1.29, 1.82) is 0 Å². The molecule has 0 unspecified atom stereocenters. The lowest BCUT2D eigenvalue weighted by atomic mass is 10.2. The maximum absolute atomic E-state index is 13.0. The van der Waals surface area contributed by atoms with E-state index in [2.05, 4.69) is 33.2 Å². The first-order valence-electron chi connectivity index (χ1n) is 9.79. The molecule has 0 aliphatic rings. The molecule has 0 bridgehead atoms. The molecule has 5 aromatic rings. The van der Waals surface area contributed by atoms with Crippen molar-refractivity contribution in [3.63, 3.8) is 0 Å². The van der Waals surface area contributed by atoms with E-state index < -0.39 is 5.91 Å². The Hall–Kier alpha value is -3.56. The van der Waals surface area contributed by atoms with E-state index in [1.165, 1.54) is 16.3 Å². The van der Waals surface area contributed by atoms with Crippen molar-refractivity contribution in [2.45, 2.75) is 17.3 Å². The zero-order valence-electron chi connectivity index (χ0n) is 16.8. The Labute approximate surface area is 191 Å².